The minimum atomic E-state index is -0.274. The van der Waals surface area contributed by atoms with Crippen molar-refractivity contribution in [3.63, 3.8) is 0 Å². The van der Waals surface area contributed by atoms with Crippen molar-refractivity contribution in [2.75, 3.05) is 10.6 Å². The molecule has 1 aliphatic carbocycles. The van der Waals surface area contributed by atoms with E-state index in [9.17, 15) is 14.4 Å². The molecule has 7 heteroatoms. The van der Waals surface area contributed by atoms with E-state index < -0.39 is 0 Å². The summed E-state index contributed by atoms with van der Waals surface area (Å²) >= 11 is 0. The maximum absolute atomic E-state index is 12.5. The smallest absolute Gasteiger partial charge is 0.264 e. The van der Waals surface area contributed by atoms with E-state index in [-0.39, 0.29) is 23.3 Å². The van der Waals surface area contributed by atoms with Crippen LogP contribution in [0.3, 0.4) is 0 Å². The standard InChI is InChI=1S/C22H20N4O3/c1-13-11-18(13)22(29)23-16-7-5-14(6-8-16)21(28)24-17-4-2-3-15(12-17)19-9-10-20(27)26-25-19/h2-10,12-13,18H,11H2,1H3,(H,23,29)(H,24,28)(H,26,27). The van der Waals surface area contributed by atoms with Crippen molar-refractivity contribution in [2.45, 2.75) is 13.3 Å². The quantitative estimate of drug-likeness (QED) is 0.624. The Morgan fingerprint density at radius 3 is 2.41 bits per heavy atom. The summed E-state index contributed by atoms with van der Waals surface area (Å²) < 4.78 is 0. The summed E-state index contributed by atoms with van der Waals surface area (Å²) in [6.07, 6.45) is 0.931. The fourth-order valence-electron chi connectivity index (χ4n) is 3.09. The number of aromatic nitrogens is 2. The van der Waals surface area contributed by atoms with Crippen LogP contribution in [0.4, 0.5) is 11.4 Å². The van der Waals surface area contributed by atoms with Crippen molar-refractivity contribution in [1.82, 2.24) is 10.2 Å². The van der Waals surface area contributed by atoms with Crippen LogP contribution in [0.1, 0.15) is 23.7 Å². The third kappa shape index (κ3) is 4.40. The van der Waals surface area contributed by atoms with Crippen molar-refractivity contribution in [3.8, 4) is 11.3 Å². The molecule has 0 saturated heterocycles. The number of benzene rings is 2. The van der Waals surface area contributed by atoms with E-state index in [2.05, 4.69) is 27.8 Å². The first-order chi connectivity index (χ1) is 14.0. The van der Waals surface area contributed by atoms with E-state index in [1.807, 2.05) is 6.07 Å². The minimum absolute atomic E-state index is 0.0300. The monoisotopic (exact) mass is 388 g/mol. The zero-order chi connectivity index (χ0) is 20.4. The van der Waals surface area contributed by atoms with Gasteiger partial charge in [0, 0.05) is 34.5 Å². The molecular formula is C22H20N4O3. The van der Waals surface area contributed by atoms with Crippen LogP contribution in [0.15, 0.2) is 65.5 Å². The van der Waals surface area contributed by atoms with E-state index in [0.29, 0.717) is 28.6 Å². The second kappa shape index (κ2) is 7.71. The first-order valence-electron chi connectivity index (χ1n) is 9.38. The van der Waals surface area contributed by atoms with Crippen molar-refractivity contribution in [3.05, 3.63) is 76.6 Å². The zero-order valence-electron chi connectivity index (χ0n) is 15.8. The molecule has 2 unspecified atom stereocenters. The average molecular weight is 388 g/mol. The SMILES string of the molecule is CC1CC1C(=O)Nc1ccc(C(=O)Nc2cccc(-c3ccc(=O)[nH]n3)c2)cc1. The highest BCUT2D eigenvalue weighted by Crippen LogP contribution is 2.38. The summed E-state index contributed by atoms with van der Waals surface area (Å²) in [5.74, 6) is 0.317. The minimum Gasteiger partial charge on any atom is -0.326 e. The molecule has 4 rings (SSSR count). The normalized spacial score (nSPS) is 17.4. The lowest BCUT2D eigenvalue weighted by Crippen LogP contribution is -2.15. The fraction of sp³-hybridized carbons (Fsp3) is 0.182. The molecule has 0 spiro atoms. The molecule has 0 radical (unpaired) electrons. The molecule has 1 fully saturated rings. The number of hydrogen-bond donors (Lipinski definition) is 3. The Balaban J connectivity index is 1.42. The van der Waals surface area contributed by atoms with E-state index >= 15 is 0 Å². The number of amides is 2. The van der Waals surface area contributed by atoms with Gasteiger partial charge in [-0.05, 0) is 54.8 Å². The molecule has 1 heterocycles. The lowest BCUT2D eigenvalue weighted by Gasteiger charge is -2.09. The Morgan fingerprint density at radius 2 is 1.76 bits per heavy atom. The van der Waals surface area contributed by atoms with Crippen LogP contribution in [-0.2, 0) is 4.79 Å². The highest BCUT2D eigenvalue weighted by molar-refractivity contribution is 6.05. The van der Waals surface area contributed by atoms with Gasteiger partial charge in [-0.1, -0.05) is 19.1 Å². The third-order valence-corrected chi connectivity index (χ3v) is 4.96. The Morgan fingerprint density at radius 1 is 1.00 bits per heavy atom. The van der Waals surface area contributed by atoms with Gasteiger partial charge in [-0.2, -0.15) is 5.10 Å². The molecule has 1 aliphatic rings. The lowest BCUT2D eigenvalue weighted by molar-refractivity contribution is -0.117. The number of H-pyrrole nitrogens is 1. The van der Waals surface area contributed by atoms with E-state index in [1.54, 1.807) is 48.5 Å². The lowest BCUT2D eigenvalue weighted by atomic mass is 10.1. The van der Waals surface area contributed by atoms with Crippen molar-refractivity contribution < 1.29 is 9.59 Å². The van der Waals surface area contributed by atoms with Gasteiger partial charge in [0.05, 0.1) is 5.69 Å². The molecule has 1 saturated carbocycles. The third-order valence-electron chi connectivity index (χ3n) is 4.96. The van der Waals surface area contributed by atoms with Gasteiger partial charge >= 0.3 is 0 Å². The van der Waals surface area contributed by atoms with Crippen LogP contribution < -0.4 is 16.2 Å². The first kappa shape index (κ1) is 18.6. The largest absolute Gasteiger partial charge is 0.326 e. The summed E-state index contributed by atoms with van der Waals surface area (Å²) in [6, 6.07) is 17.0. The maximum Gasteiger partial charge on any atom is 0.264 e. The fourth-order valence-corrected chi connectivity index (χ4v) is 3.09. The second-order valence-corrected chi connectivity index (χ2v) is 7.23. The summed E-state index contributed by atoms with van der Waals surface area (Å²) in [5.41, 5.74) is 2.87. The molecule has 0 aliphatic heterocycles. The summed E-state index contributed by atoms with van der Waals surface area (Å²) in [6.45, 7) is 2.06. The van der Waals surface area contributed by atoms with Gasteiger partial charge in [-0.15, -0.1) is 0 Å². The van der Waals surface area contributed by atoms with Gasteiger partial charge in [-0.25, -0.2) is 5.10 Å². The molecule has 2 atom stereocenters. The summed E-state index contributed by atoms with van der Waals surface area (Å²) in [4.78, 5) is 35.7. The Hall–Kier alpha value is -3.74. The van der Waals surface area contributed by atoms with Gasteiger partial charge in [0.1, 0.15) is 0 Å². The van der Waals surface area contributed by atoms with E-state index in [0.717, 1.165) is 12.0 Å². The molecule has 3 N–H and O–H groups in total. The Bertz CT molecular complexity index is 1100. The van der Waals surface area contributed by atoms with Gasteiger partial charge in [-0.3, -0.25) is 14.4 Å². The second-order valence-electron chi connectivity index (χ2n) is 7.23. The van der Waals surface area contributed by atoms with Crippen LogP contribution in [0, 0.1) is 11.8 Å². The van der Waals surface area contributed by atoms with Gasteiger partial charge in [0.2, 0.25) is 5.91 Å². The maximum atomic E-state index is 12.5. The number of rotatable bonds is 5. The average Bonchev–Trinajstić information content (AvgIpc) is 3.46. The zero-order valence-corrected chi connectivity index (χ0v) is 15.8. The first-order valence-corrected chi connectivity index (χ1v) is 9.38. The molecule has 2 amide bonds. The molecule has 3 aromatic rings. The van der Waals surface area contributed by atoms with Crippen molar-refractivity contribution in [1.29, 1.82) is 0 Å². The number of carbonyl (C=O) groups is 2. The molecule has 0 bridgehead atoms. The van der Waals surface area contributed by atoms with Crippen molar-refractivity contribution >= 4 is 23.2 Å². The highest BCUT2D eigenvalue weighted by atomic mass is 16.2. The predicted octanol–water partition coefficient (Wildman–Crippen LogP) is 3.28. The van der Waals surface area contributed by atoms with Crippen LogP contribution in [0.25, 0.3) is 11.3 Å². The van der Waals surface area contributed by atoms with Crippen LogP contribution >= 0.6 is 0 Å². The van der Waals surface area contributed by atoms with Crippen molar-refractivity contribution in [2.24, 2.45) is 11.8 Å². The topological polar surface area (TPSA) is 104 Å². The van der Waals surface area contributed by atoms with Gasteiger partial charge in [0.15, 0.2) is 0 Å². The Kier molecular flexibility index (Phi) is 4.95. The Labute approximate surface area is 167 Å². The molecular weight excluding hydrogens is 368 g/mol. The van der Waals surface area contributed by atoms with Crippen LogP contribution in [0.2, 0.25) is 0 Å². The molecule has 1 aromatic heterocycles. The summed E-state index contributed by atoms with van der Waals surface area (Å²) in [7, 11) is 0. The molecule has 7 nitrogen and oxygen atoms in total. The van der Waals surface area contributed by atoms with Gasteiger partial charge < -0.3 is 10.6 Å². The number of anilines is 2. The number of nitrogens with zero attached hydrogens (tertiary/aromatic N) is 1. The number of carbonyl (C=O) groups excluding carboxylic acids is 2. The van der Waals surface area contributed by atoms with Crippen LogP contribution in [0.5, 0.6) is 0 Å². The van der Waals surface area contributed by atoms with Crippen LogP contribution in [-0.4, -0.2) is 22.0 Å². The predicted molar refractivity (Wildman–Crippen MR) is 111 cm³/mol. The molecule has 29 heavy (non-hydrogen) atoms. The molecule has 146 valence electrons. The van der Waals surface area contributed by atoms with E-state index in [1.165, 1.54) is 6.07 Å². The summed E-state index contributed by atoms with van der Waals surface area (Å²) in [5, 5.41) is 12.1. The highest BCUT2D eigenvalue weighted by Gasteiger charge is 2.39. The number of hydrogen-bond acceptors (Lipinski definition) is 4. The number of aromatic amines is 1. The van der Waals surface area contributed by atoms with E-state index in [4.69, 9.17) is 0 Å². The number of nitrogens with one attached hydrogen (secondary N) is 3. The van der Waals surface area contributed by atoms with Gasteiger partial charge in [0.25, 0.3) is 11.5 Å². The molecule has 2 aromatic carbocycles.